The molecule has 0 saturated carbocycles. The van der Waals surface area contributed by atoms with Crippen LogP contribution in [0.5, 0.6) is 0 Å². The first-order valence-electron chi connectivity index (χ1n) is 5.39. The molecule has 1 aromatic rings. The fourth-order valence-electron chi connectivity index (χ4n) is 1.33. The lowest BCUT2D eigenvalue weighted by molar-refractivity contribution is 0.0596. The molecular formula is C11H15NO5S2. The molecule has 0 radical (unpaired) electrons. The number of rotatable bonds is 6. The Morgan fingerprint density at radius 1 is 1.47 bits per heavy atom. The van der Waals surface area contributed by atoms with Gasteiger partial charge in [-0.25, -0.2) is 18.4 Å². The Bertz CT molecular complexity index is 556. The summed E-state index contributed by atoms with van der Waals surface area (Å²) in [5, 5.41) is 13.7. The Morgan fingerprint density at radius 2 is 2.16 bits per heavy atom. The Kier molecular flexibility index (Phi) is 5.80. The van der Waals surface area contributed by atoms with Crippen molar-refractivity contribution in [1.82, 2.24) is 0 Å². The second-order valence-corrected chi connectivity index (χ2v) is 6.32. The van der Waals surface area contributed by atoms with Gasteiger partial charge in [0.25, 0.3) is 0 Å². The number of hydrogen-bond acceptors (Lipinski definition) is 6. The molecule has 0 unspecified atom stereocenters. The molecule has 0 aliphatic heterocycles. The highest BCUT2D eigenvalue weighted by molar-refractivity contribution is 7.99. The van der Waals surface area contributed by atoms with E-state index in [-0.39, 0.29) is 17.1 Å². The molecule has 8 heteroatoms. The van der Waals surface area contributed by atoms with Crippen LogP contribution >= 0.6 is 11.8 Å². The summed E-state index contributed by atoms with van der Waals surface area (Å²) >= 11 is 1.34. The van der Waals surface area contributed by atoms with Crippen LogP contribution in [0.15, 0.2) is 28.0 Å². The molecule has 6 nitrogen and oxygen atoms in total. The van der Waals surface area contributed by atoms with Crippen LogP contribution in [-0.4, -0.2) is 39.0 Å². The predicted molar refractivity (Wildman–Crippen MR) is 71.6 cm³/mol. The fraction of sp³-hybridized carbons (Fsp3) is 0.364. The number of hydrogen-bond donors (Lipinski definition) is 2. The summed E-state index contributed by atoms with van der Waals surface area (Å²) < 4.78 is 27.1. The van der Waals surface area contributed by atoms with Crippen molar-refractivity contribution in [3.05, 3.63) is 23.8 Å². The summed E-state index contributed by atoms with van der Waals surface area (Å²) in [4.78, 5) is 12.1. The SMILES string of the molecule is COC(=O)c1cc(S(N)(=O)=O)ccc1SCCCO. The highest BCUT2D eigenvalue weighted by Gasteiger charge is 2.17. The van der Waals surface area contributed by atoms with Crippen LogP contribution in [0, 0.1) is 0 Å². The zero-order valence-corrected chi connectivity index (χ0v) is 12.0. The van der Waals surface area contributed by atoms with E-state index >= 15 is 0 Å². The maximum absolute atomic E-state index is 11.6. The summed E-state index contributed by atoms with van der Waals surface area (Å²) in [7, 11) is -2.65. The predicted octanol–water partition coefficient (Wildman–Crippen LogP) is 0.595. The number of thioether (sulfide) groups is 1. The van der Waals surface area contributed by atoms with E-state index in [2.05, 4.69) is 4.74 Å². The Morgan fingerprint density at radius 3 is 2.68 bits per heavy atom. The van der Waals surface area contributed by atoms with Crippen molar-refractivity contribution in [2.45, 2.75) is 16.2 Å². The number of carbonyl (C=O) groups is 1. The van der Waals surface area contributed by atoms with Crippen LogP contribution < -0.4 is 5.14 Å². The van der Waals surface area contributed by atoms with Gasteiger partial charge in [-0.3, -0.25) is 0 Å². The minimum absolute atomic E-state index is 0.0514. The van der Waals surface area contributed by atoms with Gasteiger partial charge in [0.05, 0.1) is 17.6 Å². The van der Waals surface area contributed by atoms with Crippen LogP contribution in [0.2, 0.25) is 0 Å². The van der Waals surface area contributed by atoms with E-state index in [0.717, 1.165) is 0 Å². The normalized spacial score (nSPS) is 11.3. The second kappa shape index (κ2) is 6.90. The molecule has 106 valence electrons. The lowest BCUT2D eigenvalue weighted by atomic mass is 10.2. The van der Waals surface area contributed by atoms with Crippen molar-refractivity contribution < 1.29 is 23.1 Å². The first-order chi connectivity index (χ1) is 8.90. The van der Waals surface area contributed by atoms with E-state index in [1.165, 1.54) is 37.1 Å². The van der Waals surface area contributed by atoms with E-state index in [4.69, 9.17) is 10.2 Å². The number of carbonyl (C=O) groups excluding carboxylic acids is 1. The van der Waals surface area contributed by atoms with Crippen molar-refractivity contribution >= 4 is 27.8 Å². The average molecular weight is 305 g/mol. The molecule has 0 saturated heterocycles. The lowest BCUT2D eigenvalue weighted by Crippen LogP contribution is -2.14. The van der Waals surface area contributed by atoms with E-state index in [1.807, 2.05) is 0 Å². The summed E-state index contributed by atoms with van der Waals surface area (Å²) in [6, 6.07) is 4.04. The minimum Gasteiger partial charge on any atom is -0.465 e. The Balaban J connectivity index is 3.14. The van der Waals surface area contributed by atoms with Crippen LogP contribution in [0.1, 0.15) is 16.8 Å². The molecule has 0 spiro atoms. The fourth-order valence-corrected chi connectivity index (χ4v) is 2.82. The molecule has 0 atom stereocenters. The number of benzene rings is 1. The van der Waals surface area contributed by atoms with Crippen molar-refractivity contribution in [2.75, 3.05) is 19.5 Å². The summed E-state index contributed by atoms with van der Waals surface area (Å²) in [5.41, 5.74) is 0.150. The lowest BCUT2D eigenvalue weighted by Gasteiger charge is -2.09. The largest absolute Gasteiger partial charge is 0.465 e. The van der Waals surface area contributed by atoms with Gasteiger partial charge in [-0.1, -0.05) is 0 Å². The molecule has 0 bridgehead atoms. The van der Waals surface area contributed by atoms with Crippen molar-refractivity contribution in [3.8, 4) is 0 Å². The van der Waals surface area contributed by atoms with Gasteiger partial charge in [0.1, 0.15) is 0 Å². The topological polar surface area (TPSA) is 107 Å². The maximum atomic E-state index is 11.6. The number of aliphatic hydroxyl groups excluding tert-OH is 1. The zero-order valence-electron chi connectivity index (χ0n) is 10.3. The smallest absolute Gasteiger partial charge is 0.339 e. The van der Waals surface area contributed by atoms with Crippen molar-refractivity contribution in [2.24, 2.45) is 5.14 Å². The maximum Gasteiger partial charge on any atom is 0.339 e. The summed E-state index contributed by atoms with van der Waals surface area (Å²) in [6.45, 7) is 0.0514. The molecule has 0 aromatic heterocycles. The van der Waals surface area contributed by atoms with Gasteiger partial charge in [0.2, 0.25) is 10.0 Å². The highest BCUT2D eigenvalue weighted by atomic mass is 32.2. The summed E-state index contributed by atoms with van der Waals surface area (Å²) in [6.07, 6.45) is 0.572. The van der Waals surface area contributed by atoms with Gasteiger partial charge in [0.15, 0.2) is 0 Å². The molecule has 0 fully saturated rings. The van der Waals surface area contributed by atoms with Gasteiger partial charge in [-0.2, -0.15) is 0 Å². The number of nitrogens with two attached hydrogens (primary N) is 1. The molecule has 0 amide bonds. The first kappa shape index (κ1) is 16.0. The molecular weight excluding hydrogens is 290 g/mol. The molecule has 1 rings (SSSR count). The quantitative estimate of drug-likeness (QED) is 0.453. The Labute approximate surface area is 116 Å². The monoisotopic (exact) mass is 305 g/mol. The zero-order chi connectivity index (χ0) is 14.5. The van der Waals surface area contributed by atoms with E-state index in [0.29, 0.717) is 17.1 Å². The van der Waals surface area contributed by atoms with Crippen LogP contribution in [0.3, 0.4) is 0 Å². The molecule has 0 heterocycles. The first-order valence-corrected chi connectivity index (χ1v) is 7.92. The van der Waals surface area contributed by atoms with Gasteiger partial charge in [0, 0.05) is 17.3 Å². The molecule has 0 aliphatic carbocycles. The van der Waals surface area contributed by atoms with Crippen LogP contribution in [-0.2, 0) is 14.8 Å². The van der Waals surface area contributed by atoms with Gasteiger partial charge >= 0.3 is 5.97 Å². The standard InChI is InChI=1S/C11H15NO5S2/c1-17-11(14)9-7-8(19(12,15)16)3-4-10(9)18-6-2-5-13/h3-4,7,13H,2,5-6H2,1H3,(H2,12,15,16). The summed E-state index contributed by atoms with van der Waals surface area (Å²) in [5.74, 6) is -0.0214. The molecule has 19 heavy (non-hydrogen) atoms. The Hall–Kier alpha value is -1.09. The molecule has 3 N–H and O–H groups in total. The third-order valence-corrected chi connectivity index (χ3v) is 4.32. The number of esters is 1. The van der Waals surface area contributed by atoms with Crippen molar-refractivity contribution in [1.29, 1.82) is 0 Å². The number of methoxy groups -OCH3 is 1. The third kappa shape index (κ3) is 4.50. The second-order valence-electron chi connectivity index (χ2n) is 3.62. The molecule has 1 aromatic carbocycles. The van der Waals surface area contributed by atoms with Gasteiger partial charge < -0.3 is 9.84 Å². The number of primary sulfonamides is 1. The van der Waals surface area contributed by atoms with E-state index in [9.17, 15) is 13.2 Å². The van der Waals surface area contributed by atoms with Crippen molar-refractivity contribution in [3.63, 3.8) is 0 Å². The van der Waals surface area contributed by atoms with Crippen LogP contribution in [0.4, 0.5) is 0 Å². The average Bonchev–Trinajstić information content (AvgIpc) is 2.37. The van der Waals surface area contributed by atoms with Gasteiger partial charge in [-0.15, -0.1) is 11.8 Å². The van der Waals surface area contributed by atoms with Gasteiger partial charge in [-0.05, 0) is 24.6 Å². The van der Waals surface area contributed by atoms with E-state index in [1.54, 1.807) is 0 Å². The number of ether oxygens (including phenoxy) is 1. The third-order valence-electron chi connectivity index (χ3n) is 2.24. The molecule has 0 aliphatic rings. The van der Waals surface area contributed by atoms with Crippen LogP contribution in [0.25, 0.3) is 0 Å². The number of aliphatic hydroxyl groups is 1. The number of sulfonamides is 1. The highest BCUT2D eigenvalue weighted by Crippen LogP contribution is 2.26. The van der Waals surface area contributed by atoms with E-state index < -0.39 is 16.0 Å². The minimum atomic E-state index is -3.87.